The zero-order valence-corrected chi connectivity index (χ0v) is 6.98. The Morgan fingerprint density at radius 2 is 2.00 bits per heavy atom. The molecule has 0 rings (SSSR count). The molecule has 0 aromatic rings. The Bertz CT molecular complexity index is 106. The molecule has 0 saturated carbocycles. The largest absolute Gasteiger partial charge is 0.0860 e. The van der Waals surface area contributed by atoms with E-state index < -0.39 is 0 Å². The Balaban J connectivity index is 3.13. The van der Waals surface area contributed by atoms with Crippen molar-refractivity contribution in [2.45, 2.75) is 33.1 Å². The predicted molar refractivity (Wildman–Crippen MR) is 44.7 cm³/mol. The summed E-state index contributed by atoms with van der Waals surface area (Å²) < 4.78 is 0. The molecule has 2 radical (unpaired) electrons. The van der Waals surface area contributed by atoms with Crippen molar-refractivity contribution in [3.05, 3.63) is 13.3 Å². The Hall–Kier alpha value is -0.440. The van der Waals surface area contributed by atoms with Gasteiger partial charge < -0.3 is 0 Å². The van der Waals surface area contributed by atoms with Crippen LogP contribution in [0.25, 0.3) is 0 Å². The monoisotopic (exact) mass is 136 g/mol. The first-order chi connectivity index (χ1) is 4.66. The second-order valence-corrected chi connectivity index (χ2v) is 3.08. The first-order valence-corrected chi connectivity index (χ1v) is 3.92. The topological polar surface area (TPSA) is 0 Å². The molecule has 0 aliphatic heterocycles. The standard InChI is InChI=1S/C10H16/c1-5-10(4)8-6-7-9(2)3/h9-10H,2,6-8H2,3-4H3. The lowest BCUT2D eigenvalue weighted by atomic mass is 10.0. The summed E-state index contributed by atoms with van der Waals surface area (Å²) in [6.07, 6.45) is 10.3. The van der Waals surface area contributed by atoms with Crippen molar-refractivity contribution in [1.82, 2.24) is 0 Å². The second-order valence-electron chi connectivity index (χ2n) is 3.08. The summed E-state index contributed by atoms with van der Waals surface area (Å²) in [7, 11) is 0. The molecule has 0 saturated heterocycles. The predicted octanol–water partition coefficient (Wildman–Crippen LogP) is 2.85. The second kappa shape index (κ2) is 5.35. The molecule has 0 bridgehead atoms. The first-order valence-electron chi connectivity index (χ1n) is 3.92. The van der Waals surface area contributed by atoms with Crippen LogP contribution in [-0.2, 0) is 0 Å². The van der Waals surface area contributed by atoms with Gasteiger partial charge in [0.25, 0.3) is 0 Å². The molecular weight excluding hydrogens is 120 g/mol. The fraction of sp³-hybridized carbons (Fsp3) is 0.700. The van der Waals surface area contributed by atoms with Gasteiger partial charge in [0.05, 0.1) is 0 Å². The summed E-state index contributed by atoms with van der Waals surface area (Å²) >= 11 is 0. The highest BCUT2D eigenvalue weighted by atomic mass is 14.0. The molecule has 0 heterocycles. The maximum Gasteiger partial charge on any atom is 0.0184 e. The molecule has 0 heteroatoms. The van der Waals surface area contributed by atoms with Crippen LogP contribution in [-0.4, -0.2) is 0 Å². The average Bonchev–Trinajstić information content (AvgIpc) is 1.87. The van der Waals surface area contributed by atoms with Gasteiger partial charge in [-0.25, -0.2) is 0 Å². The molecule has 2 atom stereocenters. The number of hydrogen-bond donors (Lipinski definition) is 0. The summed E-state index contributed by atoms with van der Waals surface area (Å²) in [4.78, 5) is 0. The maximum atomic E-state index is 6.83. The minimum Gasteiger partial charge on any atom is -0.0860 e. The van der Waals surface area contributed by atoms with Crippen LogP contribution in [0.5, 0.6) is 0 Å². The van der Waals surface area contributed by atoms with Crippen molar-refractivity contribution in [3.8, 4) is 5.92 Å². The minimum absolute atomic E-state index is 0.332. The molecular formula is C10H16. The molecule has 10 heavy (non-hydrogen) atoms. The smallest absolute Gasteiger partial charge is 0.0184 e. The Kier molecular flexibility index (Phi) is 5.12. The number of rotatable bonds is 4. The van der Waals surface area contributed by atoms with E-state index in [1.807, 2.05) is 6.92 Å². The molecule has 0 spiro atoms. The quantitative estimate of drug-likeness (QED) is 0.521. The SMILES string of the molecule is [C]#CC(C)CCCC([CH2])C. The van der Waals surface area contributed by atoms with E-state index in [-0.39, 0.29) is 0 Å². The summed E-state index contributed by atoms with van der Waals surface area (Å²) in [5.41, 5.74) is 0. The lowest BCUT2D eigenvalue weighted by molar-refractivity contribution is 0.535. The Labute approximate surface area is 65.0 Å². The van der Waals surface area contributed by atoms with Crippen LogP contribution in [0.3, 0.4) is 0 Å². The van der Waals surface area contributed by atoms with Crippen molar-refractivity contribution in [2.75, 3.05) is 0 Å². The van der Waals surface area contributed by atoms with Gasteiger partial charge in [-0.3, -0.25) is 0 Å². The van der Waals surface area contributed by atoms with Crippen LogP contribution >= 0.6 is 0 Å². The molecule has 56 valence electrons. The fourth-order valence-corrected chi connectivity index (χ4v) is 0.845. The maximum absolute atomic E-state index is 6.83. The van der Waals surface area contributed by atoms with Crippen LogP contribution in [0, 0.1) is 31.1 Å². The van der Waals surface area contributed by atoms with Crippen molar-refractivity contribution in [2.24, 2.45) is 11.8 Å². The zero-order chi connectivity index (χ0) is 7.98. The highest BCUT2D eigenvalue weighted by molar-refractivity contribution is 4.83. The van der Waals surface area contributed by atoms with Gasteiger partial charge in [0, 0.05) is 5.92 Å². The molecule has 0 fully saturated rings. The van der Waals surface area contributed by atoms with Crippen molar-refractivity contribution >= 4 is 0 Å². The first kappa shape index (κ1) is 9.56. The Morgan fingerprint density at radius 1 is 1.40 bits per heavy atom. The van der Waals surface area contributed by atoms with E-state index in [4.69, 9.17) is 6.42 Å². The van der Waals surface area contributed by atoms with E-state index in [9.17, 15) is 0 Å². The van der Waals surface area contributed by atoms with Gasteiger partial charge in [0.15, 0.2) is 0 Å². The molecule has 2 unspecified atom stereocenters. The average molecular weight is 136 g/mol. The van der Waals surface area contributed by atoms with E-state index >= 15 is 0 Å². The normalized spacial score (nSPS) is 13.1. The van der Waals surface area contributed by atoms with E-state index in [1.54, 1.807) is 0 Å². The highest BCUT2D eigenvalue weighted by Crippen LogP contribution is 2.10. The van der Waals surface area contributed by atoms with Crippen molar-refractivity contribution in [3.63, 3.8) is 0 Å². The van der Waals surface area contributed by atoms with Crippen LogP contribution in [0.4, 0.5) is 0 Å². The van der Waals surface area contributed by atoms with Gasteiger partial charge in [0.1, 0.15) is 0 Å². The molecule has 0 aromatic heterocycles. The third kappa shape index (κ3) is 5.69. The minimum atomic E-state index is 0.332. The highest BCUT2D eigenvalue weighted by Gasteiger charge is 1.98. The van der Waals surface area contributed by atoms with E-state index in [0.29, 0.717) is 11.8 Å². The fourth-order valence-electron chi connectivity index (χ4n) is 0.845. The van der Waals surface area contributed by atoms with E-state index in [1.165, 1.54) is 12.8 Å². The van der Waals surface area contributed by atoms with E-state index in [0.717, 1.165) is 6.42 Å². The van der Waals surface area contributed by atoms with Gasteiger partial charge in [-0.2, -0.15) is 0 Å². The van der Waals surface area contributed by atoms with Gasteiger partial charge in [-0.05, 0) is 18.8 Å². The molecule has 0 nitrogen and oxygen atoms in total. The zero-order valence-electron chi connectivity index (χ0n) is 6.98. The Morgan fingerprint density at radius 3 is 2.40 bits per heavy atom. The van der Waals surface area contributed by atoms with Crippen molar-refractivity contribution in [1.29, 1.82) is 0 Å². The summed E-state index contributed by atoms with van der Waals surface area (Å²) in [5.74, 6) is 3.35. The van der Waals surface area contributed by atoms with Crippen LogP contribution in [0.1, 0.15) is 33.1 Å². The summed E-state index contributed by atoms with van der Waals surface area (Å²) in [5, 5.41) is 0. The molecule has 0 aromatic carbocycles. The molecule has 0 N–H and O–H groups in total. The van der Waals surface area contributed by atoms with Crippen LogP contribution < -0.4 is 0 Å². The third-order valence-corrected chi connectivity index (χ3v) is 1.58. The van der Waals surface area contributed by atoms with Crippen LogP contribution in [0.15, 0.2) is 0 Å². The lowest BCUT2D eigenvalue weighted by Gasteiger charge is -2.05. The summed E-state index contributed by atoms with van der Waals surface area (Å²) in [6, 6.07) is 0. The van der Waals surface area contributed by atoms with Gasteiger partial charge in [0.2, 0.25) is 0 Å². The van der Waals surface area contributed by atoms with Gasteiger partial charge in [-0.1, -0.05) is 39.5 Å². The number of hydrogen-bond acceptors (Lipinski definition) is 0. The molecule has 0 amide bonds. The third-order valence-electron chi connectivity index (χ3n) is 1.58. The van der Waals surface area contributed by atoms with Crippen LogP contribution in [0.2, 0.25) is 0 Å². The van der Waals surface area contributed by atoms with Crippen molar-refractivity contribution < 1.29 is 0 Å². The molecule has 0 aliphatic rings. The summed E-state index contributed by atoms with van der Waals surface area (Å²) in [6.45, 7) is 8.05. The van der Waals surface area contributed by atoms with Gasteiger partial charge in [-0.15, -0.1) is 0 Å². The molecule has 0 aliphatic carbocycles. The van der Waals surface area contributed by atoms with Gasteiger partial charge >= 0.3 is 0 Å². The van der Waals surface area contributed by atoms with E-state index in [2.05, 4.69) is 19.8 Å². The lowest BCUT2D eigenvalue weighted by Crippen LogP contribution is -1.92.